The molecule has 2 aromatic heterocycles. The van der Waals surface area contributed by atoms with Crippen LogP contribution in [-0.2, 0) is 7.05 Å². The molecule has 5 nitrogen and oxygen atoms in total. The fourth-order valence-corrected chi connectivity index (χ4v) is 1.39. The van der Waals surface area contributed by atoms with Crippen molar-refractivity contribution in [2.45, 2.75) is 0 Å². The molecule has 0 saturated heterocycles. The number of pyridine rings is 2. The van der Waals surface area contributed by atoms with E-state index in [1.165, 1.54) is 23.9 Å². The molecule has 19 heavy (non-hydrogen) atoms. The molecule has 2 rings (SSSR count). The first-order chi connectivity index (χ1) is 8.97. The standard InChI is InChI=1S/C12H9F2N3O2/c1-17-5-4-7(6-10(17)18)12(19)15-8-2-3-9(13)16-11(8)14/h2-6H,1H3,(H,15,19). The number of hydrogen-bond acceptors (Lipinski definition) is 3. The van der Waals surface area contributed by atoms with Gasteiger partial charge in [0.05, 0.1) is 5.69 Å². The van der Waals surface area contributed by atoms with Gasteiger partial charge in [-0.15, -0.1) is 0 Å². The number of anilines is 1. The van der Waals surface area contributed by atoms with Crippen LogP contribution in [0.1, 0.15) is 10.4 Å². The first-order valence-electron chi connectivity index (χ1n) is 5.27. The summed E-state index contributed by atoms with van der Waals surface area (Å²) in [6, 6.07) is 4.50. The highest BCUT2D eigenvalue weighted by Crippen LogP contribution is 2.12. The minimum atomic E-state index is -1.13. The van der Waals surface area contributed by atoms with E-state index in [-0.39, 0.29) is 16.8 Å². The van der Waals surface area contributed by atoms with Crippen molar-refractivity contribution in [3.63, 3.8) is 0 Å². The van der Waals surface area contributed by atoms with Gasteiger partial charge in [0.15, 0.2) is 0 Å². The zero-order valence-corrected chi connectivity index (χ0v) is 9.85. The van der Waals surface area contributed by atoms with Crippen molar-refractivity contribution in [2.24, 2.45) is 7.05 Å². The van der Waals surface area contributed by atoms with E-state index in [1.807, 2.05) is 0 Å². The van der Waals surface area contributed by atoms with E-state index in [2.05, 4.69) is 10.3 Å². The van der Waals surface area contributed by atoms with Gasteiger partial charge in [-0.2, -0.15) is 13.8 Å². The van der Waals surface area contributed by atoms with Gasteiger partial charge >= 0.3 is 0 Å². The van der Waals surface area contributed by atoms with E-state index in [0.717, 1.165) is 18.2 Å². The SMILES string of the molecule is Cn1ccc(C(=O)Nc2ccc(F)nc2F)cc1=O. The van der Waals surface area contributed by atoms with Crippen LogP contribution < -0.4 is 10.9 Å². The van der Waals surface area contributed by atoms with Crippen molar-refractivity contribution in [2.75, 3.05) is 5.32 Å². The lowest BCUT2D eigenvalue weighted by Crippen LogP contribution is -2.20. The van der Waals surface area contributed by atoms with E-state index in [4.69, 9.17) is 0 Å². The van der Waals surface area contributed by atoms with Gasteiger partial charge in [0, 0.05) is 24.9 Å². The summed E-state index contributed by atoms with van der Waals surface area (Å²) in [6.45, 7) is 0. The average Bonchev–Trinajstić information content (AvgIpc) is 2.36. The Kier molecular flexibility index (Phi) is 3.37. The molecular formula is C12H9F2N3O2. The van der Waals surface area contributed by atoms with Crippen molar-refractivity contribution in [1.29, 1.82) is 0 Å². The summed E-state index contributed by atoms with van der Waals surface area (Å²) in [5.41, 5.74) is -0.552. The van der Waals surface area contributed by atoms with Crippen LogP contribution in [0.5, 0.6) is 0 Å². The smallest absolute Gasteiger partial charge is 0.256 e. The van der Waals surface area contributed by atoms with Gasteiger partial charge in [0.1, 0.15) is 0 Å². The summed E-state index contributed by atoms with van der Waals surface area (Å²) in [6.07, 6.45) is 1.41. The highest BCUT2D eigenvalue weighted by atomic mass is 19.1. The van der Waals surface area contributed by atoms with Gasteiger partial charge in [0.25, 0.3) is 11.5 Å². The number of amides is 1. The Morgan fingerprint density at radius 2 is 2.05 bits per heavy atom. The minimum absolute atomic E-state index is 0.0758. The van der Waals surface area contributed by atoms with Gasteiger partial charge in [-0.25, -0.2) is 0 Å². The van der Waals surface area contributed by atoms with E-state index >= 15 is 0 Å². The molecule has 0 radical (unpaired) electrons. The Morgan fingerprint density at radius 1 is 1.32 bits per heavy atom. The van der Waals surface area contributed by atoms with Crippen LogP contribution in [0.25, 0.3) is 0 Å². The van der Waals surface area contributed by atoms with Gasteiger partial charge in [-0.1, -0.05) is 0 Å². The maximum atomic E-state index is 13.2. The number of hydrogen-bond donors (Lipinski definition) is 1. The zero-order chi connectivity index (χ0) is 14.0. The Labute approximate surface area is 106 Å². The number of carbonyl (C=O) groups excluding carboxylic acids is 1. The number of aryl methyl sites for hydroxylation is 1. The lowest BCUT2D eigenvalue weighted by molar-refractivity contribution is 0.102. The van der Waals surface area contributed by atoms with Gasteiger partial charge < -0.3 is 9.88 Å². The van der Waals surface area contributed by atoms with Crippen LogP contribution in [0, 0.1) is 11.9 Å². The molecule has 0 bridgehead atoms. The van der Waals surface area contributed by atoms with E-state index in [0.29, 0.717) is 0 Å². The molecule has 1 N–H and O–H groups in total. The lowest BCUT2D eigenvalue weighted by Gasteiger charge is -2.06. The fourth-order valence-electron chi connectivity index (χ4n) is 1.39. The molecule has 0 fully saturated rings. The Morgan fingerprint density at radius 3 is 2.68 bits per heavy atom. The molecule has 0 aromatic carbocycles. The Balaban J connectivity index is 2.25. The largest absolute Gasteiger partial charge is 0.319 e. The van der Waals surface area contributed by atoms with Crippen molar-refractivity contribution >= 4 is 11.6 Å². The molecule has 98 valence electrons. The molecule has 0 spiro atoms. The van der Waals surface area contributed by atoms with Gasteiger partial charge in [-0.3, -0.25) is 9.59 Å². The normalized spacial score (nSPS) is 10.3. The molecule has 2 aromatic rings. The van der Waals surface area contributed by atoms with Crippen LogP contribution >= 0.6 is 0 Å². The number of carbonyl (C=O) groups is 1. The Hall–Kier alpha value is -2.57. The maximum Gasteiger partial charge on any atom is 0.256 e. The molecule has 0 atom stereocenters. The van der Waals surface area contributed by atoms with Crippen LogP contribution in [-0.4, -0.2) is 15.5 Å². The van der Waals surface area contributed by atoms with Gasteiger partial charge in [0.2, 0.25) is 11.9 Å². The van der Waals surface area contributed by atoms with E-state index in [9.17, 15) is 18.4 Å². The lowest BCUT2D eigenvalue weighted by atomic mass is 10.2. The molecule has 0 saturated carbocycles. The predicted molar refractivity (Wildman–Crippen MR) is 63.8 cm³/mol. The fraction of sp³-hybridized carbons (Fsp3) is 0.0833. The van der Waals surface area contributed by atoms with Crippen molar-refractivity contribution < 1.29 is 13.6 Å². The summed E-state index contributed by atoms with van der Waals surface area (Å²) in [5, 5.41) is 2.21. The second-order valence-corrected chi connectivity index (χ2v) is 3.79. The maximum absolute atomic E-state index is 13.2. The van der Waals surface area contributed by atoms with Gasteiger partial charge in [-0.05, 0) is 18.2 Å². The minimum Gasteiger partial charge on any atom is -0.319 e. The van der Waals surface area contributed by atoms with Crippen LogP contribution in [0.2, 0.25) is 0 Å². The molecule has 0 aliphatic rings. The highest BCUT2D eigenvalue weighted by Gasteiger charge is 2.11. The third-order valence-electron chi connectivity index (χ3n) is 2.43. The molecule has 2 heterocycles. The molecular weight excluding hydrogens is 256 g/mol. The van der Waals surface area contributed by atoms with E-state index in [1.54, 1.807) is 0 Å². The second-order valence-electron chi connectivity index (χ2n) is 3.79. The summed E-state index contributed by atoms with van der Waals surface area (Å²) >= 11 is 0. The molecule has 1 amide bonds. The summed E-state index contributed by atoms with van der Waals surface area (Å²) in [5.74, 6) is -2.79. The van der Waals surface area contributed by atoms with Crippen LogP contribution in [0.3, 0.4) is 0 Å². The number of aromatic nitrogens is 2. The second kappa shape index (κ2) is 4.97. The number of halogens is 2. The molecule has 0 aliphatic carbocycles. The summed E-state index contributed by atoms with van der Waals surface area (Å²) in [7, 11) is 1.54. The Bertz CT molecular complexity index is 698. The third kappa shape index (κ3) is 2.82. The summed E-state index contributed by atoms with van der Waals surface area (Å²) in [4.78, 5) is 26.1. The number of nitrogens with zero attached hydrogens (tertiary/aromatic N) is 2. The predicted octanol–water partition coefficient (Wildman–Crippen LogP) is 1.31. The van der Waals surface area contributed by atoms with Crippen LogP contribution in [0.4, 0.5) is 14.5 Å². The van der Waals surface area contributed by atoms with Crippen molar-refractivity contribution in [3.05, 3.63) is 58.3 Å². The van der Waals surface area contributed by atoms with Crippen molar-refractivity contribution in [3.8, 4) is 0 Å². The molecule has 0 aliphatic heterocycles. The highest BCUT2D eigenvalue weighted by molar-refractivity contribution is 6.04. The van der Waals surface area contributed by atoms with Crippen LogP contribution in [0.15, 0.2) is 35.3 Å². The quantitative estimate of drug-likeness (QED) is 0.833. The summed E-state index contributed by atoms with van der Waals surface area (Å²) < 4.78 is 27.1. The first-order valence-corrected chi connectivity index (χ1v) is 5.27. The number of rotatable bonds is 2. The zero-order valence-electron chi connectivity index (χ0n) is 9.85. The third-order valence-corrected chi connectivity index (χ3v) is 2.43. The first kappa shape index (κ1) is 12.9. The number of nitrogens with one attached hydrogen (secondary N) is 1. The monoisotopic (exact) mass is 265 g/mol. The van der Waals surface area contributed by atoms with E-state index < -0.39 is 17.8 Å². The van der Waals surface area contributed by atoms with Crippen molar-refractivity contribution in [1.82, 2.24) is 9.55 Å². The topological polar surface area (TPSA) is 64.0 Å². The average molecular weight is 265 g/mol. The molecule has 7 heteroatoms. The molecule has 0 unspecified atom stereocenters.